The number of hydrogen-bond donors (Lipinski definition) is 1. The fourth-order valence-electron chi connectivity index (χ4n) is 3.57. The maximum atomic E-state index is 12.8. The molecule has 1 aliphatic carbocycles. The van der Waals surface area contributed by atoms with Crippen LogP contribution in [0.4, 0.5) is 0 Å². The molecule has 1 N–H and O–H groups in total. The summed E-state index contributed by atoms with van der Waals surface area (Å²) in [7, 11) is 0. The van der Waals surface area contributed by atoms with Gasteiger partial charge in [0.15, 0.2) is 5.78 Å². The summed E-state index contributed by atoms with van der Waals surface area (Å²) in [6, 6.07) is 0.0427. The van der Waals surface area contributed by atoms with Gasteiger partial charge in [-0.05, 0) is 57.3 Å². The largest absolute Gasteiger partial charge is 0.303 e. The Bertz CT molecular complexity index is 362. The van der Waals surface area contributed by atoms with E-state index >= 15 is 0 Å². The van der Waals surface area contributed by atoms with E-state index in [2.05, 4.69) is 60.7 Å². The van der Waals surface area contributed by atoms with Gasteiger partial charge in [-0.2, -0.15) is 0 Å². The van der Waals surface area contributed by atoms with E-state index in [1.807, 2.05) is 0 Å². The number of unbranched alkanes of at least 4 members (excludes halogenated alkanes) is 1. The van der Waals surface area contributed by atoms with Crippen molar-refractivity contribution in [1.29, 1.82) is 0 Å². The van der Waals surface area contributed by atoms with Crippen molar-refractivity contribution in [2.45, 2.75) is 105 Å². The Kier molecular flexibility index (Phi) is 6.29. The lowest BCUT2D eigenvalue weighted by atomic mass is 9.62. The topological polar surface area (TPSA) is 29.1 Å². The first-order chi connectivity index (χ1) is 9.79. The molecule has 0 saturated heterocycles. The molecule has 130 valence electrons. The zero-order valence-electron chi connectivity index (χ0n) is 16.3. The van der Waals surface area contributed by atoms with E-state index in [4.69, 9.17) is 0 Å². The molecule has 1 unspecified atom stereocenters. The molecular formula is C20H39NO. The Balaban J connectivity index is 2.51. The zero-order valence-corrected chi connectivity index (χ0v) is 16.3. The minimum Gasteiger partial charge on any atom is -0.303 e. The first kappa shape index (κ1) is 19.7. The Labute approximate surface area is 138 Å². The van der Waals surface area contributed by atoms with Gasteiger partial charge in [-0.15, -0.1) is 0 Å². The summed E-state index contributed by atoms with van der Waals surface area (Å²) in [5.74, 6) is 0.752. The zero-order chi connectivity index (χ0) is 17.2. The van der Waals surface area contributed by atoms with Crippen LogP contribution in [0, 0.1) is 16.7 Å². The van der Waals surface area contributed by atoms with Crippen molar-refractivity contribution in [3.8, 4) is 0 Å². The quantitative estimate of drug-likeness (QED) is 0.642. The molecule has 1 atom stereocenters. The van der Waals surface area contributed by atoms with Crippen LogP contribution in [0.15, 0.2) is 0 Å². The molecule has 0 aromatic heterocycles. The van der Waals surface area contributed by atoms with Gasteiger partial charge in [-0.1, -0.05) is 47.5 Å². The number of hydrogen-bond acceptors (Lipinski definition) is 2. The number of nitrogens with one attached hydrogen (secondary N) is 1. The molecule has 0 aliphatic heterocycles. The second kappa shape index (κ2) is 7.03. The predicted molar refractivity (Wildman–Crippen MR) is 96.1 cm³/mol. The molecule has 0 radical (unpaired) electrons. The summed E-state index contributed by atoms with van der Waals surface area (Å²) in [4.78, 5) is 12.8. The lowest BCUT2D eigenvalue weighted by Crippen LogP contribution is -2.52. The van der Waals surface area contributed by atoms with Crippen LogP contribution in [0.2, 0.25) is 0 Å². The average Bonchev–Trinajstić information content (AvgIpc) is 2.26. The van der Waals surface area contributed by atoms with Crippen LogP contribution in [0.3, 0.4) is 0 Å². The average molecular weight is 310 g/mol. The van der Waals surface area contributed by atoms with Crippen LogP contribution in [-0.2, 0) is 4.79 Å². The van der Waals surface area contributed by atoms with Gasteiger partial charge in [-0.25, -0.2) is 0 Å². The molecule has 0 aromatic carbocycles. The van der Waals surface area contributed by atoms with Crippen LogP contribution < -0.4 is 5.32 Å². The standard InChI is InChI=1S/C20H39NO/c1-18(2,3)12-10-9-11-16(21-19(4,5)6)17(22)15-13-20(7,8)14-15/h15-16,21H,9-14H2,1-8H3. The molecule has 1 rings (SSSR count). The third-order valence-corrected chi connectivity index (χ3v) is 4.62. The fourth-order valence-corrected chi connectivity index (χ4v) is 3.57. The highest BCUT2D eigenvalue weighted by Crippen LogP contribution is 2.45. The highest BCUT2D eigenvalue weighted by molar-refractivity contribution is 5.87. The first-order valence-corrected chi connectivity index (χ1v) is 9.11. The summed E-state index contributed by atoms with van der Waals surface area (Å²) < 4.78 is 0. The van der Waals surface area contributed by atoms with Crippen LogP contribution in [0.1, 0.15) is 93.9 Å². The summed E-state index contributed by atoms with van der Waals surface area (Å²) in [5, 5.41) is 3.58. The van der Waals surface area contributed by atoms with Crippen molar-refractivity contribution in [2.24, 2.45) is 16.7 Å². The smallest absolute Gasteiger partial charge is 0.152 e. The molecule has 2 heteroatoms. The highest BCUT2D eigenvalue weighted by atomic mass is 16.1. The van der Waals surface area contributed by atoms with Gasteiger partial charge in [0.05, 0.1) is 6.04 Å². The summed E-state index contributed by atoms with van der Waals surface area (Å²) in [5.41, 5.74) is 0.775. The lowest BCUT2D eigenvalue weighted by molar-refractivity contribution is -0.132. The summed E-state index contributed by atoms with van der Waals surface area (Å²) in [6.07, 6.45) is 6.72. The van der Waals surface area contributed by atoms with Gasteiger partial charge in [0, 0.05) is 11.5 Å². The molecule has 1 aliphatic rings. The SMILES string of the molecule is CC(C)(C)CCCCC(NC(C)(C)C)C(=O)C1CC(C)(C)C1. The van der Waals surface area contributed by atoms with Crippen molar-refractivity contribution in [2.75, 3.05) is 0 Å². The monoisotopic (exact) mass is 309 g/mol. The van der Waals surface area contributed by atoms with Gasteiger partial charge in [0.1, 0.15) is 0 Å². The highest BCUT2D eigenvalue weighted by Gasteiger charge is 2.42. The molecule has 0 spiro atoms. The second-order valence-corrected chi connectivity index (χ2v) is 10.4. The third kappa shape index (κ3) is 7.26. The third-order valence-electron chi connectivity index (χ3n) is 4.62. The van der Waals surface area contributed by atoms with E-state index in [0.717, 1.165) is 25.7 Å². The number of Topliss-reactive ketones (excluding diaryl/α,β-unsaturated/α-hetero) is 1. The van der Waals surface area contributed by atoms with Gasteiger partial charge >= 0.3 is 0 Å². The number of ketones is 1. The van der Waals surface area contributed by atoms with Crippen LogP contribution in [0.25, 0.3) is 0 Å². The van der Waals surface area contributed by atoms with Crippen LogP contribution in [-0.4, -0.2) is 17.4 Å². The molecule has 0 bridgehead atoms. The Morgan fingerprint density at radius 2 is 1.64 bits per heavy atom. The van der Waals surface area contributed by atoms with Gasteiger partial charge in [0.25, 0.3) is 0 Å². The fraction of sp³-hybridized carbons (Fsp3) is 0.950. The van der Waals surface area contributed by atoms with E-state index in [1.165, 1.54) is 12.8 Å². The molecule has 0 heterocycles. The molecule has 1 saturated carbocycles. The molecule has 22 heavy (non-hydrogen) atoms. The molecular weight excluding hydrogens is 270 g/mol. The van der Waals surface area contributed by atoms with Gasteiger partial charge in [-0.3, -0.25) is 4.79 Å². The van der Waals surface area contributed by atoms with E-state index in [-0.39, 0.29) is 17.5 Å². The second-order valence-electron chi connectivity index (χ2n) is 10.4. The van der Waals surface area contributed by atoms with Gasteiger partial charge in [0.2, 0.25) is 0 Å². The maximum Gasteiger partial charge on any atom is 0.152 e. The first-order valence-electron chi connectivity index (χ1n) is 9.11. The minimum absolute atomic E-state index is 0.00359. The molecule has 0 amide bonds. The van der Waals surface area contributed by atoms with Crippen molar-refractivity contribution >= 4 is 5.78 Å². The molecule has 0 aromatic rings. The van der Waals surface area contributed by atoms with Crippen LogP contribution in [0.5, 0.6) is 0 Å². The normalized spacial score (nSPS) is 20.5. The Morgan fingerprint density at radius 1 is 1.09 bits per heavy atom. The van der Waals surface area contributed by atoms with Crippen molar-refractivity contribution < 1.29 is 4.79 Å². The van der Waals surface area contributed by atoms with Crippen molar-refractivity contribution in [3.05, 3.63) is 0 Å². The minimum atomic E-state index is 0.00359. The maximum absolute atomic E-state index is 12.8. The van der Waals surface area contributed by atoms with E-state index < -0.39 is 0 Å². The van der Waals surface area contributed by atoms with E-state index in [1.54, 1.807) is 0 Å². The molecule has 1 fully saturated rings. The summed E-state index contributed by atoms with van der Waals surface area (Å²) >= 11 is 0. The summed E-state index contributed by atoms with van der Waals surface area (Å²) in [6.45, 7) is 17.9. The van der Waals surface area contributed by atoms with Crippen LogP contribution >= 0.6 is 0 Å². The van der Waals surface area contributed by atoms with Gasteiger partial charge < -0.3 is 5.32 Å². The van der Waals surface area contributed by atoms with E-state index in [9.17, 15) is 4.79 Å². The Morgan fingerprint density at radius 3 is 2.05 bits per heavy atom. The molecule has 2 nitrogen and oxygen atoms in total. The lowest BCUT2D eigenvalue weighted by Gasteiger charge is -2.43. The number of rotatable bonds is 7. The number of carbonyl (C=O) groups is 1. The number of carbonyl (C=O) groups excluding carboxylic acids is 1. The Hall–Kier alpha value is -0.370. The van der Waals surface area contributed by atoms with Crippen molar-refractivity contribution in [3.63, 3.8) is 0 Å². The predicted octanol–water partition coefficient (Wildman–Crippen LogP) is 5.35. The van der Waals surface area contributed by atoms with Crippen molar-refractivity contribution in [1.82, 2.24) is 5.32 Å². The van der Waals surface area contributed by atoms with E-state index in [0.29, 0.717) is 16.6 Å².